The highest BCUT2D eigenvalue weighted by Gasteiger charge is 2.25. The maximum Gasteiger partial charge on any atom is 0.315 e. The molecule has 100 valence electrons. The van der Waals surface area contributed by atoms with Crippen molar-refractivity contribution in [3.8, 4) is 12.3 Å². The van der Waals surface area contributed by atoms with E-state index in [9.17, 15) is 9.59 Å². The number of aliphatic carboxylic acids is 1. The van der Waals surface area contributed by atoms with E-state index in [2.05, 4.69) is 16.6 Å². The molecular formula is C13H20N2O3. The molecule has 1 atom stereocenters. The fourth-order valence-electron chi connectivity index (χ4n) is 2.14. The highest BCUT2D eigenvalue weighted by atomic mass is 16.4. The van der Waals surface area contributed by atoms with Crippen LogP contribution in [0.2, 0.25) is 0 Å². The van der Waals surface area contributed by atoms with E-state index >= 15 is 0 Å². The van der Waals surface area contributed by atoms with Gasteiger partial charge < -0.3 is 15.7 Å². The summed E-state index contributed by atoms with van der Waals surface area (Å²) in [4.78, 5) is 22.2. The second-order valence-corrected chi connectivity index (χ2v) is 4.80. The number of carbonyl (C=O) groups excluding carboxylic acids is 1. The number of nitrogens with one attached hydrogen (secondary N) is 2. The molecule has 3 N–H and O–H groups in total. The van der Waals surface area contributed by atoms with Crippen LogP contribution in [0.4, 0.5) is 4.79 Å². The summed E-state index contributed by atoms with van der Waals surface area (Å²) in [7, 11) is 0. The summed E-state index contributed by atoms with van der Waals surface area (Å²) in [6.07, 6.45) is 8.25. The van der Waals surface area contributed by atoms with Crippen LogP contribution in [0.25, 0.3) is 0 Å². The zero-order valence-electron chi connectivity index (χ0n) is 10.6. The Kier molecular flexibility index (Phi) is 5.50. The molecule has 0 saturated heterocycles. The molecule has 0 aliphatic heterocycles. The van der Waals surface area contributed by atoms with E-state index < -0.39 is 5.97 Å². The first-order valence-electron chi connectivity index (χ1n) is 6.26. The predicted molar refractivity (Wildman–Crippen MR) is 67.9 cm³/mol. The summed E-state index contributed by atoms with van der Waals surface area (Å²) >= 11 is 0. The summed E-state index contributed by atoms with van der Waals surface area (Å²) in [6, 6.07) is -0.548. The molecule has 5 nitrogen and oxygen atoms in total. The molecule has 1 unspecified atom stereocenters. The number of carboxylic acids is 1. The molecule has 0 aromatic rings. The maximum atomic E-state index is 11.4. The SMILES string of the molecule is C#CC(C)NC(=O)NCC1CCC(C(=O)O)CC1. The van der Waals surface area contributed by atoms with E-state index in [0.29, 0.717) is 25.3 Å². The lowest BCUT2D eigenvalue weighted by Gasteiger charge is -2.26. The van der Waals surface area contributed by atoms with Crippen molar-refractivity contribution in [2.75, 3.05) is 6.54 Å². The Morgan fingerprint density at radius 2 is 2.00 bits per heavy atom. The first-order valence-corrected chi connectivity index (χ1v) is 6.26. The van der Waals surface area contributed by atoms with E-state index in [4.69, 9.17) is 11.5 Å². The van der Waals surface area contributed by atoms with Crippen molar-refractivity contribution in [3.05, 3.63) is 0 Å². The largest absolute Gasteiger partial charge is 0.481 e. The summed E-state index contributed by atoms with van der Waals surface area (Å²) < 4.78 is 0. The topological polar surface area (TPSA) is 78.4 Å². The van der Waals surface area contributed by atoms with Gasteiger partial charge in [-0.2, -0.15) is 0 Å². The minimum Gasteiger partial charge on any atom is -0.481 e. The molecule has 2 amide bonds. The monoisotopic (exact) mass is 252 g/mol. The smallest absolute Gasteiger partial charge is 0.315 e. The fourth-order valence-corrected chi connectivity index (χ4v) is 2.14. The van der Waals surface area contributed by atoms with Crippen LogP contribution in [-0.4, -0.2) is 29.7 Å². The van der Waals surface area contributed by atoms with Gasteiger partial charge in [-0.3, -0.25) is 4.79 Å². The van der Waals surface area contributed by atoms with Gasteiger partial charge in [-0.15, -0.1) is 6.42 Å². The Balaban J connectivity index is 2.20. The number of urea groups is 1. The van der Waals surface area contributed by atoms with Crippen LogP contribution in [0, 0.1) is 24.2 Å². The van der Waals surface area contributed by atoms with Crippen molar-refractivity contribution in [2.24, 2.45) is 11.8 Å². The number of hydrogen-bond acceptors (Lipinski definition) is 2. The summed E-state index contributed by atoms with van der Waals surface area (Å²) in [6.45, 7) is 2.31. The maximum absolute atomic E-state index is 11.4. The van der Waals surface area contributed by atoms with Gasteiger partial charge in [0.1, 0.15) is 0 Å². The van der Waals surface area contributed by atoms with E-state index in [1.54, 1.807) is 6.92 Å². The third-order valence-corrected chi connectivity index (χ3v) is 3.34. The lowest BCUT2D eigenvalue weighted by Crippen LogP contribution is -2.42. The van der Waals surface area contributed by atoms with Gasteiger partial charge in [0.15, 0.2) is 0 Å². The third-order valence-electron chi connectivity index (χ3n) is 3.34. The molecule has 0 aromatic heterocycles. The first-order chi connectivity index (χ1) is 8.52. The molecule has 0 bridgehead atoms. The molecule has 5 heteroatoms. The van der Waals surface area contributed by atoms with Gasteiger partial charge in [0.2, 0.25) is 0 Å². The van der Waals surface area contributed by atoms with Gasteiger partial charge in [-0.1, -0.05) is 5.92 Å². The van der Waals surface area contributed by atoms with E-state index in [1.165, 1.54) is 0 Å². The number of carbonyl (C=O) groups is 2. The molecule has 18 heavy (non-hydrogen) atoms. The summed E-state index contributed by atoms with van der Waals surface area (Å²) in [5.41, 5.74) is 0. The Morgan fingerprint density at radius 3 is 2.50 bits per heavy atom. The molecule has 1 aliphatic rings. The van der Waals surface area contributed by atoms with Crippen LogP contribution in [0.5, 0.6) is 0 Å². The molecule has 0 heterocycles. The number of rotatable bonds is 4. The van der Waals surface area contributed by atoms with E-state index in [-0.39, 0.29) is 18.0 Å². The minimum atomic E-state index is -0.706. The lowest BCUT2D eigenvalue weighted by atomic mass is 9.82. The van der Waals surface area contributed by atoms with Crippen LogP contribution in [0.1, 0.15) is 32.6 Å². The number of amides is 2. The minimum absolute atomic E-state index is 0.212. The highest BCUT2D eigenvalue weighted by Crippen LogP contribution is 2.28. The second-order valence-electron chi connectivity index (χ2n) is 4.80. The molecule has 1 rings (SSSR count). The van der Waals surface area contributed by atoms with Gasteiger partial charge in [0.25, 0.3) is 0 Å². The number of carboxylic acid groups (broad SMARTS) is 1. The molecule has 1 saturated carbocycles. The highest BCUT2D eigenvalue weighted by molar-refractivity contribution is 5.74. The van der Waals surface area contributed by atoms with Gasteiger partial charge >= 0.3 is 12.0 Å². The van der Waals surface area contributed by atoms with Crippen LogP contribution in [0.15, 0.2) is 0 Å². The third kappa shape index (κ3) is 4.66. The average Bonchev–Trinajstić information content (AvgIpc) is 2.36. The molecule has 0 radical (unpaired) electrons. The quantitative estimate of drug-likeness (QED) is 0.658. The van der Waals surface area contributed by atoms with Gasteiger partial charge in [-0.25, -0.2) is 4.79 Å². The van der Waals surface area contributed by atoms with Gasteiger partial charge in [0.05, 0.1) is 12.0 Å². The second kappa shape index (κ2) is 6.90. The van der Waals surface area contributed by atoms with Crippen LogP contribution in [-0.2, 0) is 4.79 Å². The van der Waals surface area contributed by atoms with Crippen molar-refractivity contribution < 1.29 is 14.7 Å². The molecule has 0 aromatic carbocycles. The van der Waals surface area contributed by atoms with Crippen molar-refractivity contribution in [3.63, 3.8) is 0 Å². The normalized spacial score (nSPS) is 24.7. The van der Waals surface area contributed by atoms with Crippen molar-refractivity contribution in [1.82, 2.24) is 10.6 Å². The summed E-state index contributed by atoms with van der Waals surface area (Å²) in [5.74, 6) is 1.86. The number of terminal acetylenes is 1. The van der Waals surface area contributed by atoms with Gasteiger partial charge in [-0.05, 0) is 38.5 Å². The molecule has 0 spiro atoms. The zero-order chi connectivity index (χ0) is 13.5. The Labute approximate surface area is 107 Å². The average molecular weight is 252 g/mol. The van der Waals surface area contributed by atoms with Gasteiger partial charge in [0, 0.05) is 6.54 Å². The van der Waals surface area contributed by atoms with Crippen molar-refractivity contribution in [2.45, 2.75) is 38.6 Å². The molecule has 1 fully saturated rings. The van der Waals surface area contributed by atoms with Crippen LogP contribution >= 0.6 is 0 Å². The standard InChI is InChI=1S/C13H20N2O3/c1-3-9(2)15-13(18)14-8-10-4-6-11(7-5-10)12(16)17/h1,9-11H,4-8H2,2H3,(H,16,17)(H2,14,15,18). The van der Waals surface area contributed by atoms with Crippen LogP contribution < -0.4 is 10.6 Å². The van der Waals surface area contributed by atoms with E-state index in [0.717, 1.165) is 12.8 Å². The zero-order valence-corrected chi connectivity index (χ0v) is 10.6. The van der Waals surface area contributed by atoms with Crippen molar-refractivity contribution >= 4 is 12.0 Å². The number of hydrogen-bond donors (Lipinski definition) is 3. The summed E-state index contributed by atoms with van der Waals surface area (Å²) in [5, 5.41) is 14.3. The predicted octanol–water partition coefficient (Wildman–Crippen LogP) is 1.20. The van der Waals surface area contributed by atoms with E-state index in [1.807, 2.05) is 0 Å². The molecular weight excluding hydrogens is 232 g/mol. The Morgan fingerprint density at radius 1 is 1.39 bits per heavy atom. The van der Waals surface area contributed by atoms with Crippen molar-refractivity contribution in [1.29, 1.82) is 0 Å². The van der Waals surface area contributed by atoms with Crippen LogP contribution in [0.3, 0.4) is 0 Å². The molecule has 1 aliphatic carbocycles. The lowest BCUT2D eigenvalue weighted by molar-refractivity contribution is -0.143. The first kappa shape index (κ1) is 14.4. The fraction of sp³-hybridized carbons (Fsp3) is 0.692. The Hall–Kier alpha value is -1.70. The Bertz CT molecular complexity index is 341.